The van der Waals surface area contributed by atoms with Gasteiger partial charge in [0.2, 0.25) is 0 Å². The van der Waals surface area contributed by atoms with Gasteiger partial charge in [-0.25, -0.2) is 4.79 Å². The summed E-state index contributed by atoms with van der Waals surface area (Å²) in [5.41, 5.74) is 0.941. The first kappa shape index (κ1) is 13.8. The van der Waals surface area contributed by atoms with E-state index in [1.807, 2.05) is 12.1 Å². The maximum absolute atomic E-state index is 11.7. The number of aliphatic hydroxyl groups is 1. The number of nitrogens with zero attached hydrogens (tertiary/aromatic N) is 1. The molecule has 0 aliphatic carbocycles. The molecule has 0 spiro atoms. The van der Waals surface area contributed by atoms with Crippen molar-refractivity contribution in [3.05, 3.63) is 34.9 Å². The molecule has 0 aliphatic heterocycles. The minimum Gasteiger partial charge on any atom is -0.394 e. The average molecular weight is 257 g/mol. The Morgan fingerprint density at radius 3 is 2.88 bits per heavy atom. The molecule has 5 heteroatoms. The third-order valence-corrected chi connectivity index (χ3v) is 2.81. The minimum absolute atomic E-state index is 0.0545. The van der Waals surface area contributed by atoms with E-state index >= 15 is 0 Å². The second-order valence-corrected chi connectivity index (χ2v) is 4.37. The van der Waals surface area contributed by atoms with Crippen molar-refractivity contribution in [3.8, 4) is 0 Å². The SMILES string of the molecule is CC(CO)N(C)C(=O)NCc1cccc(Cl)c1. The monoisotopic (exact) mass is 256 g/mol. The van der Waals surface area contributed by atoms with Crippen LogP contribution in [0.2, 0.25) is 5.02 Å². The Morgan fingerprint density at radius 2 is 2.29 bits per heavy atom. The lowest BCUT2D eigenvalue weighted by Gasteiger charge is -2.23. The van der Waals surface area contributed by atoms with Gasteiger partial charge in [0.05, 0.1) is 12.6 Å². The second-order valence-electron chi connectivity index (χ2n) is 3.93. The largest absolute Gasteiger partial charge is 0.394 e. The van der Waals surface area contributed by atoms with Crippen molar-refractivity contribution in [2.45, 2.75) is 19.5 Å². The normalized spacial score (nSPS) is 12.0. The number of hydrogen-bond acceptors (Lipinski definition) is 2. The van der Waals surface area contributed by atoms with Gasteiger partial charge in [-0.15, -0.1) is 0 Å². The fourth-order valence-electron chi connectivity index (χ4n) is 1.27. The van der Waals surface area contributed by atoms with E-state index in [1.165, 1.54) is 4.90 Å². The third kappa shape index (κ3) is 4.24. The summed E-state index contributed by atoms with van der Waals surface area (Å²) >= 11 is 5.84. The van der Waals surface area contributed by atoms with Gasteiger partial charge in [-0.2, -0.15) is 0 Å². The highest BCUT2D eigenvalue weighted by molar-refractivity contribution is 6.30. The van der Waals surface area contributed by atoms with Gasteiger partial charge in [-0.05, 0) is 24.6 Å². The van der Waals surface area contributed by atoms with Gasteiger partial charge in [0, 0.05) is 18.6 Å². The molecule has 4 nitrogen and oxygen atoms in total. The van der Waals surface area contributed by atoms with E-state index in [4.69, 9.17) is 16.7 Å². The maximum atomic E-state index is 11.7. The second kappa shape index (κ2) is 6.47. The lowest BCUT2D eigenvalue weighted by Crippen LogP contribution is -2.43. The molecular weight excluding hydrogens is 240 g/mol. The zero-order valence-electron chi connectivity index (χ0n) is 9.98. The van der Waals surface area contributed by atoms with E-state index in [1.54, 1.807) is 26.1 Å². The molecule has 0 heterocycles. The van der Waals surface area contributed by atoms with Crippen LogP contribution in [-0.4, -0.2) is 35.7 Å². The van der Waals surface area contributed by atoms with Gasteiger partial charge >= 0.3 is 6.03 Å². The predicted octanol–water partition coefficient (Wildman–Crippen LogP) is 1.86. The van der Waals surface area contributed by atoms with Gasteiger partial charge in [0.1, 0.15) is 0 Å². The predicted molar refractivity (Wildman–Crippen MR) is 68.0 cm³/mol. The Kier molecular flexibility index (Phi) is 5.25. The van der Waals surface area contributed by atoms with Crippen LogP contribution in [0, 0.1) is 0 Å². The van der Waals surface area contributed by atoms with Crippen LogP contribution < -0.4 is 5.32 Å². The number of rotatable bonds is 4. The number of aliphatic hydroxyl groups excluding tert-OH is 1. The first-order valence-corrected chi connectivity index (χ1v) is 5.78. The number of amides is 2. The van der Waals surface area contributed by atoms with Crippen molar-refractivity contribution in [1.29, 1.82) is 0 Å². The molecule has 0 saturated carbocycles. The van der Waals surface area contributed by atoms with Crippen LogP contribution in [0.25, 0.3) is 0 Å². The zero-order chi connectivity index (χ0) is 12.8. The minimum atomic E-state index is -0.216. The molecule has 0 aromatic heterocycles. The Balaban J connectivity index is 2.48. The summed E-state index contributed by atoms with van der Waals surface area (Å²) in [4.78, 5) is 13.1. The highest BCUT2D eigenvalue weighted by atomic mass is 35.5. The lowest BCUT2D eigenvalue weighted by atomic mass is 10.2. The van der Waals surface area contributed by atoms with Crippen LogP contribution in [0.4, 0.5) is 4.79 Å². The summed E-state index contributed by atoms with van der Waals surface area (Å²) in [6.45, 7) is 2.14. The lowest BCUT2D eigenvalue weighted by molar-refractivity contribution is 0.157. The summed E-state index contributed by atoms with van der Waals surface area (Å²) in [7, 11) is 1.65. The smallest absolute Gasteiger partial charge is 0.317 e. The molecule has 17 heavy (non-hydrogen) atoms. The molecule has 0 bridgehead atoms. The number of benzene rings is 1. The van der Waals surface area contributed by atoms with Crippen molar-refractivity contribution in [2.24, 2.45) is 0 Å². The summed E-state index contributed by atoms with van der Waals surface area (Å²) in [6, 6.07) is 6.90. The topological polar surface area (TPSA) is 52.6 Å². The number of urea groups is 1. The number of halogens is 1. The summed E-state index contributed by atoms with van der Waals surface area (Å²) in [5, 5.41) is 12.3. The van der Waals surface area contributed by atoms with Crippen molar-refractivity contribution in [2.75, 3.05) is 13.7 Å². The highest BCUT2D eigenvalue weighted by Gasteiger charge is 2.13. The number of likely N-dealkylation sites (N-methyl/N-ethyl adjacent to an activating group) is 1. The Bertz CT molecular complexity index is 385. The summed E-state index contributed by atoms with van der Waals surface area (Å²) in [6.07, 6.45) is 0. The fourth-order valence-corrected chi connectivity index (χ4v) is 1.48. The first-order valence-electron chi connectivity index (χ1n) is 5.40. The van der Waals surface area contributed by atoms with Crippen LogP contribution in [0.1, 0.15) is 12.5 Å². The van der Waals surface area contributed by atoms with Crippen molar-refractivity contribution in [3.63, 3.8) is 0 Å². The number of hydrogen-bond donors (Lipinski definition) is 2. The number of nitrogens with one attached hydrogen (secondary N) is 1. The van der Waals surface area contributed by atoms with Gasteiger partial charge in [-0.1, -0.05) is 23.7 Å². The molecule has 1 aromatic carbocycles. The Labute approximate surface area is 106 Å². The van der Waals surface area contributed by atoms with Crippen LogP contribution in [-0.2, 0) is 6.54 Å². The van der Waals surface area contributed by atoms with E-state index in [9.17, 15) is 4.79 Å². The van der Waals surface area contributed by atoms with Crippen LogP contribution in [0.3, 0.4) is 0 Å². The van der Waals surface area contributed by atoms with Crippen molar-refractivity contribution < 1.29 is 9.90 Å². The molecule has 0 radical (unpaired) electrons. The van der Waals surface area contributed by atoms with Crippen LogP contribution >= 0.6 is 11.6 Å². The molecule has 1 rings (SSSR count). The van der Waals surface area contributed by atoms with Gasteiger partial charge in [0.25, 0.3) is 0 Å². The number of carbonyl (C=O) groups excluding carboxylic acids is 1. The summed E-state index contributed by atoms with van der Waals surface area (Å²) in [5.74, 6) is 0. The fraction of sp³-hybridized carbons (Fsp3) is 0.417. The van der Waals surface area contributed by atoms with E-state index in [-0.39, 0.29) is 18.7 Å². The standard InChI is InChI=1S/C12H17ClN2O2/c1-9(8-16)15(2)12(17)14-7-10-4-3-5-11(13)6-10/h3-6,9,16H,7-8H2,1-2H3,(H,14,17). The number of carbonyl (C=O) groups is 1. The van der Waals surface area contributed by atoms with Gasteiger partial charge in [0.15, 0.2) is 0 Å². The van der Waals surface area contributed by atoms with E-state index in [0.717, 1.165) is 5.56 Å². The van der Waals surface area contributed by atoms with Gasteiger partial charge in [-0.3, -0.25) is 0 Å². The third-order valence-electron chi connectivity index (χ3n) is 2.58. The quantitative estimate of drug-likeness (QED) is 0.864. The molecule has 0 fully saturated rings. The average Bonchev–Trinajstić information content (AvgIpc) is 2.34. The molecule has 1 aromatic rings. The van der Waals surface area contributed by atoms with Crippen molar-refractivity contribution >= 4 is 17.6 Å². The Hall–Kier alpha value is -1.26. The van der Waals surface area contributed by atoms with Gasteiger partial charge < -0.3 is 15.3 Å². The molecule has 94 valence electrons. The van der Waals surface area contributed by atoms with E-state index in [2.05, 4.69) is 5.32 Å². The Morgan fingerprint density at radius 1 is 1.59 bits per heavy atom. The van der Waals surface area contributed by atoms with Crippen LogP contribution in [0.5, 0.6) is 0 Å². The molecule has 2 amide bonds. The summed E-state index contributed by atoms with van der Waals surface area (Å²) < 4.78 is 0. The highest BCUT2D eigenvalue weighted by Crippen LogP contribution is 2.10. The molecule has 1 atom stereocenters. The molecule has 0 saturated heterocycles. The first-order chi connectivity index (χ1) is 8.04. The van der Waals surface area contributed by atoms with E-state index < -0.39 is 0 Å². The molecule has 1 unspecified atom stereocenters. The molecule has 2 N–H and O–H groups in total. The zero-order valence-corrected chi connectivity index (χ0v) is 10.7. The van der Waals surface area contributed by atoms with Crippen molar-refractivity contribution in [1.82, 2.24) is 10.2 Å². The van der Waals surface area contributed by atoms with E-state index in [0.29, 0.717) is 11.6 Å². The molecule has 0 aliphatic rings. The molecular formula is C12H17ClN2O2. The maximum Gasteiger partial charge on any atom is 0.317 e. The van der Waals surface area contributed by atoms with Crippen LogP contribution in [0.15, 0.2) is 24.3 Å².